The maximum absolute atomic E-state index is 13.4. The summed E-state index contributed by atoms with van der Waals surface area (Å²) in [5, 5.41) is 0. The summed E-state index contributed by atoms with van der Waals surface area (Å²) in [6.07, 6.45) is 1.48. The number of hydrogen-bond acceptors (Lipinski definition) is 2. The Balaban J connectivity index is 2.14. The van der Waals surface area contributed by atoms with E-state index in [0.717, 1.165) is 17.5 Å². The smallest absolute Gasteiger partial charge is 0.123 e. The number of halogens is 1. The van der Waals surface area contributed by atoms with E-state index in [1.54, 1.807) is 6.07 Å². The van der Waals surface area contributed by atoms with Gasteiger partial charge < -0.3 is 10.5 Å². The largest absolute Gasteiger partial charge is 0.489 e. The van der Waals surface area contributed by atoms with E-state index >= 15 is 0 Å². The first-order valence-corrected chi connectivity index (χ1v) is 7.31. The molecule has 0 radical (unpaired) electrons. The third kappa shape index (κ3) is 4.30. The van der Waals surface area contributed by atoms with Crippen LogP contribution in [0.5, 0.6) is 5.75 Å². The topological polar surface area (TPSA) is 35.2 Å². The van der Waals surface area contributed by atoms with Crippen molar-refractivity contribution >= 4 is 0 Å². The van der Waals surface area contributed by atoms with Crippen molar-refractivity contribution in [3.8, 4) is 5.75 Å². The van der Waals surface area contributed by atoms with Crippen LogP contribution in [-0.2, 0) is 13.0 Å². The third-order valence-electron chi connectivity index (χ3n) is 3.67. The highest BCUT2D eigenvalue weighted by Gasteiger charge is 2.10. The predicted molar refractivity (Wildman–Crippen MR) is 83.9 cm³/mol. The van der Waals surface area contributed by atoms with Gasteiger partial charge in [-0.05, 0) is 54.7 Å². The fraction of sp³-hybridized carbons (Fsp3) is 0.333. The number of rotatable bonds is 6. The van der Waals surface area contributed by atoms with E-state index in [4.69, 9.17) is 10.5 Å². The molecular weight excluding hydrogens is 265 g/mol. The SMILES string of the molecule is CCC(N)Cc1cc(F)ccc1OCc1ccccc1C. The molecule has 0 spiro atoms. The monoisotopic (exact) mass is 287 g/mol. The Morgan fingerprint density at radius 2 is 1.90 bits per heavy atom. The van der Waals surface area contributed by atoms with Gasteiger partial charge in [-0.3, -0.25) is 0 Å². The van der Waals surface area contributed by atoms with E-state index in [0.29, 0.717) is 18.8 Å². The van der Waals surface area contributed by atoms with Crippen LogP contribution in [-0.4, -0.2) is 6.04 Å². The maximum atomic E-state index is 13.4. The summed E-state index contributed by atoms with van der Waals surface area (Å²) >= 11 is 0. The quantitative estimate of drug-likeness (QED) is 0.871. The molecule has 2 aromatic carbocycles. The van der Waals surface area contributed by atoms with E-state index in [1.807, 2.05) is 25.1 Å². The zero-order valence-corrected chi connectivity index (χ0v) is 12.6. The lowest BCUT2D eigenvalue weighted by atomic mass is 10.0. The summed E-state index contributed by atoms with van der Waals surface area (Å²) in [5.41, 5.74) is 9.13. The molecule has 2 N–H and O–H groups in total. The van der Waals surface area contributed by atoms with Crippen LogP contribution in [0.1, 0.15) is 30.0 Å². The van der Waals surface area contributed by atoms with Gasteiger partial charge in [-0.1, -0.05) is 31.2 Å². The Bertz CT molecular complexity index is 598. The van der Waals surface area contributed by atoms with Crippen molar-refractivity contribution in [1.29, 1.82) is 0 Å². The second-order valence-electron chi connectivity index (χ2n) is 5.34. The van der Waals surface area contributed by atoms with Gasteiger partial charge in [0.25, 0.3) is 0 Å². The van der Waals surface area contributed by atoms with E-state index in [9.17, 15) is 4.39 Å². The van der Waals surface area contributed by atoms with Crippen LogP contribution in [0.3, 0.4) is 0 Å². The summed E-state index contributed by atoms with van der Waals surface area (Å²) in [6.45, 7) is 4.56. The fourth-order valence-electron chi connectivity index (χ4n) is 2.20. The first kappa shape index (κ1) is 15.5. The standard InChI is InChI=1S/C18H22FNO/c1-3-17(20)11-15-10-16(19)8-9-18(15)21-12-14-7-5-4-6-13(14)2/h4-10,17H,3,11-12,20H2,1-2H3. The molecule has 3 heteroatoms. The third-order valence-corrected chi connectivity index (χ3v) is 3.67. The maximum Gasteiger partial charge on any atom is 0.123 e. The minimum absolute atomic E-state index is 0.0209. The van der Waals surface area contributed by atoms with Crippen LogP contribution in [0, 0.1) is 12.7 Å². The summed E-state index contributed by atoms with van der Waals surface area (Å²) in [7, 11) is 0. The summed E-state index contributed by atoms with van der Waals surface area (Å²) in [6, 6.07) is 12.7. The number of benzene rings is 2. The zero-order valence-electron chi connectivity index (χ0n) is 12.6. The summed E-state index contributed by atoms with van der Waals surface area (Å²) < 4.78 is 19.3. The summed E-state index contributed by atoms with van der Waals surface area (Å²) in [4.78, 5) is 0. The van der Waals surface area contributed by atoms with Crippen LogP contribution >= 0.6 is 0 Å². The average molecular weight is 287 g/mol. The Morgan fingerprint density at radius 3 is 2.62 bits per heavy atom. The number of hydrogen-bond donors (Lipinski definition) is 1. The second-order valence-corrected chi connectivity index (χ2v) is 5.34. The highest BCUT2D eigenvalue weighted by atomic mass is 19.1. The molecule has 0 aliphatic rings. The lowest BCUT2D eigenvalue weighted by molar-refractivity contribution is 0.301. The van der Waals surface area contributed by atoms with E-state index < -0.39 is 0 Å². The van der Waals surface area contributed by atoms with Crippen molar-refractivity contribution in [3.05, 3.63) is 65.0 Å². The van der Waals surface area contributed by atoms with Crippen LogP contribution in [0.15, 0.2) is 42.5 Å². The Labute approximate surface area is 125 Å². The van der Waals surface area contributed by atoms with Crippen molar-refractivity contribution in [3.63, 3.8) is 0 Å². The van der Waals surface area contributed by atoms with Gasteiger partial charge in [0, 0.05) is 6.04 Å². The van der Waals surface area contributed by atoms with Crippen LogP contribution in [0.2, 0.25) is 0 Å². The highest BCUT2D eigenvalue weighted by Crippen LogP contribution is 2.23. The molecule has 0 aliphatic heterocycles. The normalized spacial score (nSPS) is 12.2. The molecule has 0 amide bonds. The number of nitrogens with two attached hydrogens (primary N) is 1. The van der Waals surface area contributed by atoms with Crippen molar-refractivity contribution in [2.24, 2.45) is 5.73 Å². The molecule has 21 heavy (non-hydrogen) atoms. The summed E-state index contributed by atoms with van der Waals surface area (Å²) in [5.74, 6) is 0.458. The van der Waals surface area contributed by atoms with Crippen molar-refractivity contribution in [2.75, 3.05) is 0 Å². The molecule has 0 fully saturated rings. The predicted octanol–water partition coefficient (Wildman–Crippen LogP) is 3.99. The first-order chi connectivity index (χ1) is 10.1. The molecule has 0 aliphatic carbocycles. The minimum atomic E-state index is -0.253. The molecule has 0 aromatic heterocycles. The second kappa shape index (κ2) is 7.23. The highest BCUT2D eigenvalue weighted by molar-refractivity contribution is 5.35. The minimum Gasteiger partial charge on any atom is -0.489 e. The van der Waals surface area contributed by atoms with Crippen LogP contribution in [0.25, 0.3) is 0 Å². The Morgan fingerprint density at radius 1 is 1.14 bits per heavy atom. The molecule has 112 valence electrons. The Hall–Kier alpha value is -1.87. The molecule has 1 unspecified atom stereocenters. The van der Waals surface area contributed by atoms with Crippen molar-refractivity contribution < 1.29 is 9.13 Å². The molecule has 0 heterocycles. The molecule has 2 rings (SSSR count). The van der Waals surface area contributed by atoms with Gasteiger partial charge >= 0.3 is 0 Å². The molecular formula is C18H22FNO. The van der Waals surface area contributed by atoms with Gasteiger partial charge in [-0.15, -0.1) is 0 Å². The van der Waals surface area contributed by atoms with Crippen molar-refractivity contribution in [2.45, 2.75) is 39.3 Å². The van der Waals surface area contributed by atoms with Gasteiger partial charge in [0.2, 0.25) is 0 Å². The Kier molecular flexibility index (Phi) is 5.34. The molecule has 2 aromatic rings. The number of ether oxygens (including phenoxy) is 1. The lowest BCUT2D eigenvalue weighted by Gasteiger charge is -2.15. The average Bonchev–Trinajstić information content (AvgIpc) is 2.48. The van der Waals surface area contributed by atoms with Gasteiger partial charge in [-0.25, -0.2) is 4.39 Å². The zero-order chi connectivity index (χ0) is 15.2. The lowest BCUT2D eigenvalue weighted by Crippen LogP contribution is -2.21. The molecule has 2 nitrogen and oxygen atoms in total. The van der Waals surface area contributed by atoms with Crippen LogP contribution < -0.4 is 10.5 Å². The first-order valence-electron chi connectivity index (χ1n) is 7.31. The molecule has 1 atom stereocenters. The van der Waals surface area contributed by atoms with Gasteiger partial charge in [-0.2, -0.15) is 0 Å². The number of aryl methyl sites for hydroxylation is 1. The molecule has 0 saturated heterocycles. The van der Waals surface area contributed by atoms with Gasteiger partial charge in [0.15, 0.2) is 0 Å². The molecule has 0 saturated carbocycles. The van der Waals surface area contributed by atoms with Crippen molar-refractivity contribution in [1.82, 2.24) is 0 Å². The van der Waals surface area contributed by atoms with Gasteiger partial charge in [0.1, 0.15) is 18.2 Å². The van der Waals surface area contributed by atoms with Crippen LogP contribution in [0.4, 0.5) is 4.39 Å². The fourth-order valence-corrected chi connectivity index (χ4v) is 2.20. The van der Waals surface area contributed by atoms with E-state index in [2.05, 4.69) is 13.0 Å². The van der Waals surface area contributed by atoms with Gasteiger partial charge in [0.05, 0.1) is 0 Å². The van der Waals surface area contributed by atoms with E-state index in [-0.39, 0.29) is 11.9 Å². The van der Waals surface area contributed by atoms with E-state index in [1.165, 1.54) is 17.7 Å². The molecule has 0 bridgehead atoms.